The van der Waals surface area contributed by atoms with Gasteiger partial charge in [-0.2, -0.15) is 0 Å². The van der Waals surface area contributed by atoms with Gasteiger partial charge in [0.1, 0.15) is 0 Å². The van der Waals surface area contributed by atoms with Crippen molar-refractivity contribution in [3.05, 3.63) is 218 Å². The Hall–Kier alpha value is -7.42. The third kappa shape index (κ3) is 5.26. The molecule has 11 aromatic rings. The SMILES string of the molecule is [2H]c1c([2H])c([2H])c2c(c1[2H])c1c([2H])c(-c3ccc4c(c3)c3c(-c5ccc(-c6ccccc6)cc5)cccc3n4-c3ccccc3)c([2H])c([2H])c1n2-c1cccc(-c2ccccc2)c1. The van der Waals surface area contributed by atoms with Gasteiger partial charge in [0.15, 0.2) is 0 Å². The lowest BCUT2D eigenvalue weighted by Crippen LogP contribution is -1.94. The first-order valence-electron chi connectivity index (χ1n) is 22.2. The van der Waals surface area contributed by atoms with Crippen molar-refractivity contribution in [2.75, 3.05) is 0 Å². The van der Waals surface area contributed by atoms with Crippen LogP contribution < -0.4 is 0 Å². The zero-order valence-corrected chi connectivity index (χ0v) is 30.1. The minimum atomic E-state index is -0.425. The fourth-order valence-electron chi connectivity index (χ4n) is 8.17. The predicted molar refractivity (Wildman–Crippen MR) is 237 cm³/mol. The smallest absolute Gasteiger partial charge is 0.0645 e. The summed E-state index contributed by atoms with van der Waals surface area (Å²) in [4.78, 5) is 0. The highest BCUT2D eigenvalue weighted by atomic mass is 15.0. The van der Waals surface area contributed by atoms with Crippen LogP contribution in [0.1, 0.15) is 9.60 Å². The van der Waals surface area contributed by atoms with Crippen molar-refractivity contribution in [1.82, 2.24) is 9.13 Å². The monoisotopic (exact) mass is 719 g/mol. The number of hydrogen-bond acceptors (Lipinski definition) is 0. The van der Waals surface area contributed by atoms with Crippen molar-refractivity contribution in [1.29, 1.82) is 0 Å². The summed E-state index contributed by atoms with van der Waals surface area (Å²) in [6, 6.07) is 56.8. The second kappa shape index (κ2) is 13.2. The van der Waals surface area contributed by atoms with E-state index in [4.69, 9.17) is 2.74 Å². The van der Waals surface area contributed by atoms with Gasteiger partial charge < -0.3 is 9.13 Å². The van der Waals surface area contributed by atoms with Crippen molar-refractivity contribution < 1.29 is 9.60 Å². The Kier molecular flexibility index (Phi) is 6.01. The van der Waals surface area contributed by atoms with Crippen molar-refractivity contribution >= 4 is 43.6 Å². The zero-order chi connectivity index (χ0) is 43.1. The average molecular weight is 720 g/mol. The third-order valence-corrected chi connectivity index (χ3v) is 10.8. The lowest BCUT2D eigenvalue weighted by Gasteiger charge is -2.11. The fraction of sp³-hybridized carbons (Fsp3) is 0. The first kappa shape index (κ1) is 25.6. The molecule has 0 amide bonds. The van der Waals surface area contributed by atoms with Crippen LogP contribution in [0.2, 0.25) is 0 Å². The molecule has 0 unspecified atom stereocenters. The van der Waals surface area contributed by atoms with Crippen LogP contribution in [-0.4, -0.2) is 9.13 Å². The zero-order valence-electron chi connectivity index (χ0n) is 37.1. The van der Waals surface area contributed by atoms with Gasteiger partial charge in [-0.25, -0.2) is 0 Å². The topological polar surface area (TPSA) is 9.86 Å². The largest absolute Gasteiger partial charge is 0.309 e. The van der Waals surface area contributed by atoms with Crippen molar-refractivity contribution in [3.63, 3.8) is 0 Å². The molecule has 2 nitrogen and oxygen atoms in total. The normalized spacial score (nSPS) is 13.3. The molecular formula is C54H36N2. The van der Waals surface area contributed by atoms with Gasteiger partial charge in [-0.3, -0.25) is 0 Å². The van der Waals surface area contributed by atoms with E-state index in [-0.39, 0.29) is 57.6 Å². The summed E-state index contributed by atoms with van der Waals surface area (Å²) < 4.78 is 69.0. The minimum Gasteiger partial charge on any atom is -0.309 e. The summed E-state index contributed by atoms with van der Waals surface area (Å²) in [5.41, 5.74) is 10.7. The molecule has 56 heavy (non-hydrogen) atoms. The van der Waals surface area contributed by atoms with E-state index >= 15 is 0 Å². The number of para-hydroxylation sites is 2. The molecule has 2 heteroatoms. The molecule has 0 radical (unpaired) electrons. The molecule has 2 aromatic heterocycles. The van der Waals surface area contributed by atoms with Crippen molar-refractivity contribution in [3.8, 4) is 55.9 Å². The first-order chi connectivity index (χ1) is 30.7. The van der Waals surface area contributed by atoms with Gasteiger partial charge in [-0.1, -0.05) is 158 Å². The quantitative estimate of drug-likeness (QED) is 0.162. The van der Waals surface area contributed by atoms with Crippen LogP contribution in [0.15, 0.2) is 218 Å². The highest BCUT2D eigenvalue weighted by Crippen LogP contribution is 2.42. The van der Waals surface area contributed by atoms with Crippen molar-refractivity contribution in [2.24, 2.45) is 0 Å². The molecule has 0 aliphatic heterocycles. The maximum absolute atomic E-state index is 9.94. The lowest BCUT2D eigenvalue weighted by atomic mass is 9.95. The number of hydrogen-bond donors (Lipinski definition) is 0. The Balaban J connectivity index is 1.19. The maximum Gasteiger partial charge on any atom is 0.0645 e. The molecule has 0 saturated heterocycles. The van der Waals surface area contributed by atoms with Gasteiger partial charge >= 0.3 is 0 Å². The van der Waals surface area contributed by atoms with Crippen LogP contribution in [-0.2, 0) is 0 Å². The highest BCUT2D eigenvalue weighted by molar-refractivity contribution is 6.17. The van der Waals surface area contributed by atoms with E-state index < -0.39 is 12.1 Å². The van der Waals surface area contributed by atoms with E-state index in [0.29, 0.717) is 11.3 Å². The molecule has 0 N–H and O–H groups in total. The lowest BCUT2D eigenvalue weighted by molar-refractivity contribution is 1.18. The molecular weight excluding hydrogens is 677 g/mol. The number of nitrogens with zero attached hydrogens (tertiary/aromatic N) is 2. The Morgan fingerprint density at radius 1 is 0.321 bits per heavy atom. The van der Waals surface area contributed by atoms with Gasteiger partial charge in [-0.15, -0.1) is 0 Å². The van der Waals surface area contributed by atoms with E-state index in [1.807, 2.05) is 109 Å². The molecule has 9 aromatic carbocycles. The first-order valence-corrected chi connectivity index (χ1v) is 18.7. The Morgan fingerprint density at radius 2 is 0.893 bits per heavy atom. The van der Waals surface area contributed by atoms with Crippen LogP contribution >= 0.6 is 0 Å². The maximum atomic E-state index is 9.94. The molecule has 0 saturated carbocycles. The molecule has 0 atom stereocenters. The molecule has 0 spiro atoms. The van der Waals surface area contributed by atoms with Crippen LogP contribution in [0.25, 0.3) is 99.5 Å². The van der Waals surface area contributed by atoms with Gasteiger partial charge in [0.05, 0.1) is 31.7 Å². The molecule has 11 rings (SSSR count). The van der Waals surface area contributed by atoms with E-state index in [0.717, 1.165) is 60.9 Å². The average Bonchev–Trinajstić information content (AvgIpc) is 3.87. The number of benzene rings is 9. The second-order valence-electron chi connectivity index (χ2n) is 14.0. The van der Waals surface area contributed by atoms with Crippen LogP contribution in [0.4, 0.5) is 0 Å². The Bertz CT molecular complexity index is 3620. The Morgan fingerprint density at radius 3 is 1.68 bits per heavy atom. The Labute approximate surface area is 335 Å². The molecule has 2 heterocycles. The summed E-state index contributed by atoms with van der Waals surface area (Å²) in [6.45, 7) is 0. The molecule has 0 bridgehead atoms. The minimum absolute atomic E-state index is 0.0816. The van der Waals surface area contributed by atoms with Gasteiger partial charge in [0.2, 0.25) is 0 Å². The van der Waals surface area contributed by atoms with Crippen molar-refractivity contribution in [2.45, 2.75) is 0 Å². The predicted octanol–water partition coefficient (Wildman–Crippen LogP) is 14.5. The fourth-order valence-corrected chi connectivity index (χ4v) is 8.17. The molecule has 262 valence electrons. The van der Waals surface area contributed by atoms with Crippen LogP contribution in [0.5, 0.6) is 0 Å². The standard InChI is InChI=1S/C54H36N2/c1-4-14-37(15-5-1)39-26-28-40(29-27-39)46-23-13-25-53-54(46)49-36-43(31-33-52(49)55(53)44-19-8-3-9-20-44)42-30-32-51-48(35-42)47-22-10-11-24-50(47)56(51)45-21-12-18-41(34-45)38-16-6-2-7-17-38/h1-36H/i10D,11D,22D,24D,30D,32D,35D. The third-order valence-electron chi connectivity index (χ3n) is 10.8. The second-order valence-corrected chi connectivity index (χ2v) is 14.0. The summed E-state index contributed by atoms with van der Waals surface area (Å²) in [6.07, 6.45) is 0. The van der Waals surface area contributed by atoms with E-state index in [1.54, 1.807) is 4.57 Å². The molecule has 0 aliphatic rings. The number of fused-ring (bicyclic) bond motifs is 6. The molecule has 0 fully saturated rings. The summed E-state index contributed by atoms with van der Waals surface area (Å²) in [5.74, 6) is 0. The van der Waals surface area contributed by atoms with Gasteiger partial charge in [0.25, 0.3) is 0 Å². The molecule has 0 aliphatic carbocycles. The summed E-state index contributed by atoms with van der Waals surface area (Å²) >= 11 is 0. The number of aromatic nitrogens is 2. The summed E-state index contributed by atoms with van der Waals surface area (Å²) in [7, 11) is 0. The van der Waals surface area contributed by atoms with E-state index in [1.165, 1.54) is 0 Å². The van der Waals surface area contributed by atoms with Gasteiger partial charge in [-0.05, 0) is 105 Å². The van der Waals surface area contributed by atoms with Crippen LogP contribution in [0.3, 0.4) is 0 Å². The van der Waals surface area contributed by atoms with E-state index in [9.17, 15) is 6.85 Å². The summed E-state index contributed by atoms with van der Waals surface area (Å²) in [5, 5.41) is 2.24. The van der Waals surface area contributed by atoms with Gasteiger partial charge in [0, 0.05) is 32.9 Å². The van der Waals surface area contributed by atoms with Crippen LogP contribution in [0, 0.1) is 0 Å². The van der Waals surface area contributed by atoms with E-state index in [2.05, 4.69) is 71.3 Å². The highest BCUT2D eigenvalue weighted by Gasteiger charge is 2.19. The number of rotatable bonds is 6.